The predicted octanol–water partition coefficient (Wildman–Crippen LogP) is 2.46. The molecule has 1 aliphatic heterocycles. The number of rotatable bonds is 6. The van der Waals surface area contributed by atoms with Gasteiger partial charge in [0.1, 0.15) is 5.75 Å². The zero-order valence-electron chi connectivity index (χ0n) is 13.6. The first-order valence-electron chi connectivity index (χ1n) is 7.83. The molecular weight excluding hydrogens is 264 g/mol. The van der Waals surface area contributed by atoms with E-state index in [1.807, 2.05) is 18.2 Å². The Hall–Kier alpha value is -1.10. The van der Waals surface area contributed by atoms with Crippen molar-refractivity contribution in [2.75, 3.05) is 33.4 Å². The summed E-state index contributed by atoms with van der Waals surface area (Å²) in [6.45, 7) is 10.4. The summed E-state index contributed by atoms with van der Waals surface area (Å²) >= 11 is 0. The van der Waals surface area contributed by atoms with Crippen LogP contribution in [0.2, 0.25) is 0 Å². The van der Waals surface area contributed by atoms with Gasteiger partial charge >= 0.3 is 0 Å². The maximum atomic E-state index is 5.87. The fraction of sp³-hybridized carbons (Fsp3) is 0.647. The summed E-state index contributed by atoms with van der Waals surface area (Å²) in [5, 5.41) is 3.57. The van der Waals surface area contributed by atoms with E-state index in [1.165, 1.54) is 5.56 Å². The maximum Gasteiger partial charge on any atom is 0.123 e. The Bertz CT molecular complexity index is 437. The van der Waals surface area contributed by atoms with Crippen LogP contribution in [-0.2, 0) is 4.74 Å². The molecule has 21 heavy (non-hydrogen) atoms. The van der Waals surface area contributed by atoms with Crippen LogP contribution in [0, 0.1) is 0 Å². The number of methoxy groups -OCH3 is 1. The Balaban J connectivity index is 1.87. The lowest BCUT2D eigenvalue weighted by atomic mass is 10.1. The van der Waals surface area contributed by atoms with Gasteiger partial charge in [0.25, 0.3) is 0 Å². The predicted molar refractivity (Wildman–Crippen MR) is 85.9 cm³/mol. The normalized spacial score (nSPS) is 21.5. The van der Waals surface area contributed by atoms with Gasteiger partial charge in [0.05, 0.1) is 19.8 Å². The molecule has 1 aromatic rings. The second kappa shape index (κ2) is 7.78. The van der Waals surface area contributed by atoms with E-state index in [-0.39, 0.29) is 12.1 Å². The van der Waals surface area contributed by atoms with E-state index < -0.39 is 0 Å². The molecule has 1 unspecified atom stereocenters. The summed E-state index contributed by atoms with van der Waals surface area (Å²) in [6, 6.07) is 9.00. The number of nitrogens with one attached hydrogen (secondary N) is 1. The minimum atomic E-state index is 0.249. The van der Waals surface area contributed by atoms with Gasteiger partial charge in [-0.1, -0.05) is 18.2 Å². The van der Waals surface area contributed by atoms with Crippen LogP contribution in [0.3, 0.4) is 0 Å². The molecule has 0 aromatic heterocycles. The number of ether oxygens (including phenoxy) is 2. The third-order valence-corrected chi connectivity index (χ3v) is 4.16. The second-order valence-corrected chi connectivity index (χ2v) is 5.95. The number of benzene rings is 1. The summed E-state index contributed by atoms with van der Waals surface area (Å²) in [5.74, 6) is 0.936. The molecule has 0 spiro atoms. The Morgan fingerprint density at radius 1 is 1.33 bits per heavy atom. The zero-order chi connectivity index (χ0) is 15.2. The van der Waals surface area contributed by atoms with Crippen LogP contribution in [0.4, 0.5) is 0 Å². The molecule has 0 radical (unpaired) electrons. The molecule has 1 aliphatic rings. The molecule has 1 fully saturated rings. The quantitative estimate of drug-likeness (QED) is 0.873. The first kappa shape index (κ1) is 16.3. The molecule has 118 valence electrons. The van der Waals surface area contributed by atoms with Crippen molar-refractivity contribution < 1.29 is 9.47 Å². The smallest absolute Gasteiger partial charge is 0.123 e. The number of hydrogen-bond acceptors (Lipinski definition) is 4. The Morgan fingerprint density at radius 2 is 2.10 bits per heavy atom. The van der Waals surface area contributed by atoms with Crippen molar-refractivity contribution in [1.82, 2.24) is 10.2 Å². The summed E-state index contributed by atoms with van der Waals surface area (Å²) in [7, 11) is 1.72. The van der Waals surface area contributed by atoms with Crippen molar-refractivity contribution in [3.8, 4) is 5.75 Å². The van der Waals surface area contributed by atoms with E-state index in [0.717, 1.165) is 32.0 Å². The number of morpholine rings is 1. The number of para-hydroxylation sites is 1. The van der Waals surface area contributed by atoms with Crippen LogP contribution in [0.5, 0.6) is 5.75 Å². The minimum absolute atomic E-state index is 0.249. The molecule has 2 atom stereocenters. The van der Waals surface area contributed by atoms with Gasteiger partial charge in [0.15, 0.2) is 0 Å². The van der Waals surface area contributed by atoms with Gasteiger partial charge in [-0.15, -0.1) is 0 Å². The second-order valence-electron chi connectivity index (χ2n) is 5.95. The zero-order valence-corrected chi connectivity index (χ0v) is 13.6. The molecular formula is C17H28N2O2. The topological polar surface area (TPSA) is 33.7 Å². The average Bonchev–Trinajstić information content (AvgIpc) is 2.52. The largest absolute Gasteiger partial charge is 0.496 e. The van der Waals surface area contributed by atoms with Crippen LogP contribution in [0.25, 0.3) is 0 Å². The molecule has 0 amide bonds. The maximum absolute atomic E-state index is 5.87. The molecule has 1 N–H and O–H groups in total. The summed E-state index contributed by atoms with van der Waals surface area (Å²) in [5.41, 5.74) is 1.19. The van der Waals surface area contributed by atoms with Gasteiger partial charge in [-0.2, -0.15) is 0 Å². The van der Waals surface area contributed by atoms with E-state index in [0.29, 0.717) is 6.04 Å². The van der Waals surface area contributed by atoms with Gasteiger partial charge in [-0.25, -0.2) is 0 Å². The van der Waals surface area contributed by atoms with Crippen LogP contribution >= 0.6 is 0 Å². The first-order valence-corrected chi connectivity index (χ1v) is 7.83. The van der Waals surface area contributed by atoms with E-state index in [9.17, 15) is 0 Å². The Labute approximate surface area is 128 Å². The Kier molecular flexibility index (Phi) is 6.03. The molecule has 4 heteroatoms. The first-order chi connectivity index (χ1) is 10.1. The SMILES string of the molecule is COc1ccccc1[C@@H](C)NCC1CN(C(C)C)CCO1. The van der Waals surface area contributed by atoms with Crippen molar-refractivity contribution in [2.24, 2.45) is 0 Å². The van der Waals surface area contributed by atoms with Crippen molar-refractivity contribution in [3.63, 3.8) is 0 Å². The van der Waals surface area contributed by atoms with Crippen LogP contribution in [-0.4, -0.2) is 50.4 Å². The van der Waals surface area contributed by atoms with E-state index in [1.54, 1.807) is 7.11 Å². The monoisotopic (exact) mass is 292 g/mol. The third-order valence-electron chi connectivity index (χ3n) is 4.16. The lowest BCUT2D eigenvalue weighted by Gasteiger charge is -2.36. The van der Waals surface area contributed by atoms with Gasteiger partial charge in [-0.05, 0) is 26.8 Å². The van der Waals surface area contributed by atoms with Crippen molar-refractivity contribution in [1.29, 1.82) is 0 Å². The highest BCUT2D eigenvalue weighted by atomic mass is 16.5. The van der Waals surface area contributed by atoms with Crippen LogP contribution in [0.1, 0.15) is 32.4 Å². The molecule has 0 saturated carbocycles. The molecule has 1 saturated heterocycles. The fourth-order valence-electron chi connectivity index (χ4n) is 2.78. The lowest BCUT2D eigenvalue weighted by molar-refractivity contribution is -0.0380. The average molecular weight is 292 g/mol. The van der Waals surface area contributed by atoms with Gasteiger partial charge in [-0.3, -0.25) is 4.90 Å². The molecule has 0 bridgehead atoms. The highest BCUT2D eigenvalue weighted by Crippen LogP contribution is 2.24. The van der Waals surface area contributed by atoms with E-state index in [2.05, 4.69) is 37.1 Å². The minimum Gasteiger partial charge on any atom is -0.496 e. The molecule has 1 heterocycles. The highest BCUT2D eigenvalue weighted by molar-refractivity contribution is 5.35. The van der Waals surface area contributed by atoms with Crippen molar-refractivity contribution >= 4 is 0 Å². The third kappa shape index (κ3) is 4.43. The van der Waals surface area contributed by atoms with Gasteiger partial charge in [0, 0.05) is 37.3 Å². The lowest BCUT2D eigenvalue weighted by Crippen LogP contribution is -2.49. The Morgan fingerprint density at radius 3 is 2.81 bits per heavy atom. The summed E-state index contributed by atoms with van der Waals surface area (Å²) < 4.78 is 11.3. The van der Waals surface area contributed by atoms with Crippen LogP contribution < -0.4 is 10.1 Å². The summed E-state index contributed by atoms with van der Waals surface area (Å²) in [4.78, 5) is 2.48. The fourth-order valence-corrected chi connectivity index (χ4v) is 2.78. The highest BCUT2D eigenvalue weighted by Gasteiger charge is 2.22. The summed E-state index contributed by atoms with van der Waals surface area (Å²) in [6.07, 6.45) is 0.262. The molecule has 4 nitrogen and oxygen atoms in total. The van der Waals surface area contributed by atoms with Gasteiger partial charge in [0.2, 0.25) is 0 Å². The molecule has 2 rings (SSSR count). The van der Waals surface area contributed by atoms with E-state index in [4.69, 9.17) is 9.47 Å². The van der Waals surface area contributed by atoms with Gasteiger partial charge < -0.3 is 14.8 Å². The van der Waals surface area contributed by atoms with E-state index >= 15 is 0 Å². The molecule has 0 aliphatic carbocycles. The van der Waals surface area contributed by atoms with Crippen molar-refractivity contribution in [2.45, 2.75) is 39.0 Å². The number of nitrogens with zero attached hydrogens (tertiary/aromatic N) is 1. The van der Waals surface area contributed by atoms with Crippen LogP contribution in [0.15, 0.2) is 24.3 Å². The number of hydrogen-bond donors (Lipinski definition) is 1. The standard InChI is InChI=1S/C17H28N2O2/c1-13(2)19-9-10-21-15(12-19)11-18-14(3)16-7-5-6-8-17(16)20-4/h5-8,13-15,18H,9-12H2,1-4H3/t14-,15?/m1/s1. The van der Waals surface area contributed by atoms with Crippen molar-refractivity contribution in [3.05, 3.63) is 29.8 Å². The molecule has 1 aromatic carbocycles.